The van der Waals surface area contributed by atoms with E-state index in [1.165, 1.54) is 95.5 Å². The zero-order valence-electron chi connectivity index (χ0n) is 26.6. The number of phenols is 1. The van der Waals surface area contributed by atoms with Crippen molar-refractivity contribution in [2.75, 3.05) is 0 Å². The maximum Gasteiger partial charge on any atom is 0.220 e. The number of unbranched alkanes of at least 4 members (excludes halogenated alkanes) is 14. The normalized spacial score (nSPS) is 13.1. The Morgan fingerprint density at radius 1 is 0.711 bits per heavy atom. The predicted molar refractivity (Wildman–Crippen MR) is 166 cm³/mol. The van der Waals surface area contributed by atoms with Gasteiger partial charge in [0.2, 0.25) is 5.91 Å². The number of benzene rings is 1. The van der Waals surface area contributed by atoms with E-state index in [4.69, 9.17) is 0 Å². The quantitative estimate of drug-likeness (QED) is 0.175. The Morgan fingerprint density at radius 3 is 1.55 bits per heavy atom. The van der Waals surface area contributed by atoms with Gasteiger partial charge in [0.1, 0.15) is 5.75 Å². The predicted octanol–water partition coefficient (Wildman–Crippen LogP) is 10.8. The molecule has 2 N–H and O–H groups in total. The summed E-state index contributed by atoms with van der Waals surface area (Å²) in [7, 11) is 0. The average molecular weight is 530 g/mol. The molecule has 0 saturated carbocycles. The molecule has 0 spiro atoms. The molecule has 220 valence electrons. The Kier molecular flexibility index (Phi) is 16.3. The molecular formula is C35H63NO2. The lowest BCUT2D eigenvalue weighted by atomic mass is 9.77. The van der Waals surface area contributed by atoms with Crippen LogP contribution in [0.15, 0.2) is 12.1 Å². The first-order valence-corrected chi connectivity index (χ1v) is 16.1. The van der Waals surface area contributed by atoms with Crippen molar-refractivity contribution in [2.45, 2.75) is 181 Å². The molecular weight excluding hydrogens is 466 g/mol. The standard InChI is InChI=1S/C35H63NO2/c1-9-11-12-13-14-15-16-17-18-19-20-21-22-23-24-25-31(36-32(37)10-2)29-26-28(34(3,4)5)27-30(33(29)38)35(6,7)8/h26-27,31,38H,9-25H2,1-8H3,(H,36,37). The number of carbonyl (C=O) groups excluding carboxylic acids is 1. The summed E-state index contributed by atoms with van der Waals surface area (Å²) in [5.41, 5.74) is 2.86. The molecule has 1 rings (SSSR count). The van der Waals surface area contributed by atoms with Gasteiger partial charge in [-0.3, -0.25) is 4.79 Å². The third kappa shape index (κ3) is 13.5. The molecule has 3 nitrogen and oxygen atoms in total. The van der Waals surface area contributed by atoms with Crippen LogP contribution in [0.3, 0.4) is 0 Å². The third-order valence-corrected chi connectivity index (χ3v) is 7.94. The fraction of sp³-hybridized carbons (Fsp3) is 0.800. The molecule has 0 fully saturated rings. The van der Waals surface area contributed by atoms with Crippen LogP contribution in [0.2, 0.25) is 0 Å². The summed E-state index contributed by atoms with van der Waals surface area (Å²) in [5.74, 6) is 0.404. The van der Waals surface area contributed by atoms with Crippen LogP contribution < -0.4 is 5.32 Å². The van der Waals surface area contributed by atoms with Crippen molar-refractivity contribution in [3.63, 3.8) is 0 Å². The Bertz CT molecular complexity index is 784. The van der Waals surface area contributed by atoms with Crippen LogP contribution >= 0.6 is 0 Å². The molecule has 1 amide bonds. The van der Waals surface area contributed by atoms with Crippen LogP contribution in [-0.4, -0.2) is 11.0 Å². The zero-order valence-corrected chi connectivity index (χ0v) is 26.6. The summed E-state index contributed by atoms with van der Waals surface area (Å²) < 4.78 is 0. The number of aromatic hydroxyl groups is 1. The Balaban J connectivity index is 2.57. The van der Waals surface area contributed by atoms with Crippen molar-refractivity contribution in [3.05, 3.63) is 28.8 Å². The van der Waals surface area contributed by atoms with E-state index >= 15 is 0 Å². The summed E-state index contributed by atoms with van der Waals surface area (Å²) in [5, 5.41) is 14.6. The molecule has 38 heavy (non-hydrogen) atoms. The minimum Gasteiger partial charge on any atom is -0.507 e. The molecule has 0 aromatic heterocycles. The number of nitrogens with one attached hydrogen (secondary N) is 1. The van der Waals surface area contributed by atoms with Gasteiger partial charge in [0, 0.05) is 12.0 Å². The third-order valence-electron chi connectivity index (χ3n) is 7.94. The Hall–Kier alpha value is -1.51. The van der Waals surface area contributed by atoms with E-state index in [2.05, 4.69) is 65.9 Å². The Labute approximate surface area is 237 Å². The van der Waals surface area contributed by atoms with Gasteiger partial charge in [-0.2, -0.15) is 0 Å². The molecule has 1 aromatic rings. The van der Waals surface area contributed by atoms with E-state index < -0.39 is 0 Å². The number of carbonyl (C=O) groups is 1. The molecule has 0 radical (unpaired) electrons. The number of hydrogen-bond donors (Lipinski definition) is 2. The summed E-state index contributed by atoms with van der Waals surface area (Å²) in [6.45, 7) is 17.3. The molecule has 0 aliphatic rings. The topological polar surface area (TPSA) is 49.3 Å². The minimum atomic E-state index is -0.173. The van der Waals surface area contributed by atoms with Crippen molar-refractivity contribution in [1.29, 1.82) is 0 Å². The summed E-state index contributed by atoms with van der Waals surface area (Å²) in [6, 6.07) is 4.15. The van der Waals surface area contributed by atoms with Gasteiger partial charge >= 0.3 is 0 Å². The van der Waals surface area contributed by atoms with Gasteiger partial charge < -0.3 is 10.4 Å². The van der Waals surface area contributed by atoms with Crippen molar-refractivity contribution in [3.8, 4) is 5.75 Å². The van der Waals surface area contributed by atoms with E-state index in [0.717, 1.165) is 24.0 Å². The van der Waals surface area contributed by atoms with Crippen molar-refractivity contribution in [1.82, 2.24) is 5.32 Å². The van der Waals surface area contributed by atoms with Gasteiger partial charge in [-0.25, -0.2) is 0 Å². The molecule has 0 bridgehead atoms. The zero-order chi connectivity index (χ0) is 28.6. The smallest absolute Gasteiger partial charge is 0.220 e. The SMILES string of the molecule is CCCCCCCCCCCCCCCCCC(NC(=O)CC)c1cc(C(C)(C)C)cc(C(C)(C)C)c1O. The second-order valence-electron chi connectivity index (χ2n) is 13.7. The molecule has 1 atom stereocenters. The lowest BCUT2D eigenvalue weighted by Gasteiger charge is -2.30. The minimum absolute atomic E-state index is 0.0314. The molecule has 1 aromatic carbocycles. The highest BCUT2D eigenvalue weighted by Gasteiger charge is 2.28. The van der Waals surface area contributed by atoms with Crippen molar-refractivity contribution < 1.29 is 9.90 Å². The maximum absolute atomic E-state index is 12.4. The lowest BCUT2D eigenvalue weighted by molar-refractivity contribution is -0.121. The summed E-state index contributed by atoms with van der Waals surface area (Å²) >= 11 is 0. The fourth-order valence-electron chi connectivity index (χ4n) is 5.25. The van der Waals surface area contributed by atoms with E-state index in [1.54, 1.807) is 0 Å². The van der Waals surface area contributed by atoms with Gasteiger partial charge in [-0.05, 0) is 34.4 Å². The first-order valence-electron chi connectivity index (χ1n) is 16.1. The second-order valence-corrected chi connectivity index (χ2v) is 13.7. The summed E-state index contributed by atoms with van der Waals surface area (Å²) in [6.07, 6.45) is 21.5. The number of hydrogen-bond acceptors (Lipinski definition) is 2. The first kappa shape index (κ1) is 34.5. The van der Waals surface area contributed by atoms with Gasteiger partial charge in [0.05, 0.1) is 6.04 Å². The van der Waals surface area contributed by atoms with Crippen LogP contribution in [0.25, 0.3) is 0 Å². The van der Waals surface area contributed by atoms with E-state index in [1.807, 2.05) is 6.92 Å². The number of rotatable bonds is 19. The van der Waals surface area contributed by atoms with Crippen LogP contribution in [0, 0.1) is 0 Å². The van der Waals surface area contributed by atoms with E-state index in [0.29, 0.717) is 12.2 Å². The molecule has 0 saturated heterocycles. The summed E-state index contributed by atoms with van der Waals surface area (Å²) in [4.78, 5) is 12.4. The van der Waals surface area contributed by atoms with Gasteiger partial charge in [0.15, 0.2) is 0 Å². The fourth-order valence-corrected chi connectivity index (χ4v) is 5.25. The highest BCUT2D eigenvalue weighted by Crippen LogP contribution is 2.41. The van der Waals surface area contributed by atoms with Gasteiger partial charge in [-0.1, -0.05) is 158 Å². The number of amides is 1. The molecule has 0 aliphatic heterocycles. The van der Waals surface area contributed by atoms with Gasteiger partial charge in [0.25, 0.3) is 0 Å². The highest BCUT2D eigenvalue weighted by molar-refractivity contribution is 5.76. The molecule has 1 unspecified atom stereocenters. The highest BCUT2D eigenvalue weighted by atomic mass is 16.3. The van der Waals surface area contributed by atoms with E-state index in [-0.39, 0.29) is 22.8 Å². The molecule has 3 heteroatoms. The lowest BCUT2D eigenvalue weighted by Crippen LogP contribution is -2.29. The monoisotopic (exact) mass is 529 g/mol. The van der Waals surface area contributed by atoms with E-state index in [9.17, 15) is 9.90 Å². The molecule has 0 heterocycles. The van der Waals surface area contributed by atoms with Crippen molar-refractivity contribution >= 4 is 5.91 Å². The number of phenolic OH excluding ortho intramolecular Hbond substituents is 1. The largest absolute Gasteiger partial charge is 0.507 e. The first-order chi connectivity index (χ1) is 17.9. The second kappa shape index (κ2) is 18.0. The van der Waals surface area contributed by atoms with Crippen LogP contribution in [0.1, 0.15) is 187 Å². The van der Waals surface area contributed by atoms with Crippen LogP contribution in [0.4, 0.5) is 0 Å². The maximum atomic E-state index is 12.4. The van der Waals surface area contributed by atoms with Crippen molar-refractivity contribution in [2.24, 2.45) is 0 Å². The Morgan fingerprint density at radius 2 is 1.16 bits per heavy atom. The molecule has 0 aliphatic carbocycles. The van der Waals surface area contributed by atoms with Gasteiger partial charge in [-0.15, -0.1) is 0 Å². The van der Waals surface area contributed by atoms with Crippen LogP contribution in [-0.2, 0) is 15.6 Å². The van der Waals surface area contributed by atoms with Crippen LogP contribution in [0.5, 0.6) is 5.75 Å². The average Bonchev–Trinajstić information content (AvgIpc) is 2.84.